The molecule has 0 heterocycles. The Bertz CT molecular complexity index is 611. The summed E-state index contributed by atoms with van der Waals surface area (Å²) in [5, 5.41) is 0. The highest BCUT2D eigenvalue weighted by molar-refractivity contribution is 6.21. The van der Waals surface area contributed by atoms with Crippen LogP contribution in [0.25, 0.3) is 0 Å². The van der Waals surface area contributed by atoms with Crippen LogP contribution in [0, 0.1) is 0 Å². The Morgan fingerprint density at radius 1 is 1.12 bits per heavy atom. The quantitative estimate of drug-likeness (QED) is 0.293. The molecule has 0 atom stereocenters. The van der Waals surface area contributed by atoms with Crippen molar-refractivity contribution in [2.45, 2.75) is 72.6 Å². The van der Waals surface area contributed by atoms with Gasteiger partial charge in [0, 0.05) is 11.1 Å². The molecular formula is C22H32O3. The Kier molecular flexibility index (Phi) is 9.18. The standard InChI is InChI=1S/C22H32O3/c1-6-7-8-12-18-15-20(23)19(22(25-5)21(18)24)14-13-17(4)11-9-10-16(2)3/h10,13,15H,6-9,11-12,14H2,1-5H3/b17-13+. The van der Waals surface area contributed by atoms with E-state index in [4.69, 9.17) is 4.74 Å². The van der Waals surface area contributed by atoms with Gasteiger partial charge in [0.15, 0.2) is 11.5 Å². The summed E-state index contributed by atoms with van der Waals surface area (Å²) in [4.78, 5) is 25.0. The monoisotopic (exact) mass is 344 g/mol. The molecule has 0 amide bonds. The number of methoxy groups -OCH3 is 1. The Hall–Kier alpha value is -1.90. The van der Waals surface area contributed by atoms with Crippen LogP contribution in [0.4, 0.5) is 0 Å². The molecule has 0 spiro atoms. The summed E-state index contributed by atoms with van der Waals surface area (Å²) < 4.78 is 5.30. The zero-order valence-electron chi connectivity index (χ0n) is 16.4. The van der Waals surface area contributed by atoms with Gasteiger partial charge in [0.2, 0.25) is 5.78 Å². The van der Waals surface area contributed by atoms with E-state index in [1.54, 1.807) is 0 Å². The van der Waals surface area contributed by atoms with Crippen LogP contribution in [0.2, 0.25) is 0 Å². The highest BCUT2D eigenvalue weighted by atomic mass is 16.5. The number of hydrogen-bond donors (Lipinski definition) is 0. The van der Waals surface area contributed by atoms with E-state index in [1.807, 2.05) is 6.08 Å². The number of carbonyl (C=O) groups excluding carboxylic acids is 2. The fourth-order valence-electron chi connectivity index (χ4n) is 2.83. The van der Waals surface area contributed by atoms with Crippen molar-refractivity contribution in [1.82, 2.24) is 0 Å². The molecule has 1 aliphatic carbocycles. The van der Waals surface area contributed by atoms with Crippen molar-refractivity contribution in [3.63, 3.8) is 0 Å². The van der Waals surface area contributed by atoms with E-state index < -0.39 is 0 Å². The van der Waals surface area contributed by atoms with E-state index in [-0.39, 0.29) is 17.3 Å². The fourth-order valence-corrected chi connectivity index (χ4v) is 2.83. The van der Waals surface area contributed by atoms with Crippen molar-refractivity contribution < 1.29 is 14.3 Å². The zero-order valence-corrected chi connectivity index (χ0v) is 16.4. The van der Waals surface area contributed by atoms with Crippen LogP contribution in [0.3, 0.4) is 0 Å². The van der Waals surface area contributed by atoms with Crippen LogP contribution in [-0.2, 0) is 14.3 Å². The number of rotatable bonds is 10. The first kappa shape index (κ1) is 21.1. The summed E-state index contributed by atoms with van der Waals surface area (Å²) in [7, 11) is 1.47. The number of hydrogen-bond acceptors (Lipinski definition) is 3. The Morgan fingerprint density at radius 2 is 1.84 bits per heavy atom. The molecule has 0 fully saturated rings. The molecule has 0 aliphatic heterocycles. The molecule has 25 heavy (non-hydrogen) atoms. The minimum atomic E-state index is -0.121. The van der Waals surface area contributed by atoms with Gasteiger partial charge in [0.05, 0.1) is 7.11 Å². The highest BCUT2D eigenvalue weighted by Crippen LogP contribution is 2.26. The van der Waals surface area contributed by atoms with Crippen LogP contribution in [0.1, 0.15) is 72.6 Å². The van der Waals surface area contributed by atoms with Crippen molar-refractivity contribution in [3.05, 3.63) is 46.3 Å². The van der Waals surface area contributed by atoms with Crippen LogP contribution in [-0.4, -0.2) is 18.7 Å². The van der Waals surface area contributed by atoms with Gasteiger partial charge in [-0.05, 0) is 59.0 Å². The lowest BCUT2D eigenvalue weighted by atomic mass is 9.90. The molecule has 0 unspecified atom stereocenters. The number of ether oxygens (including phenoxy) is 1. The molecule has 0 aromatic heterocycles. The molecule has 1 aliphatic rings. The zero-order chi connectivity index (χ0) is 18.8. The second kappa shape index (κ2) is 10.9. The van der Waals surface area contributed by atoms with Gasteiger partial charge in [-0.15, -0.1) is 0 Å². The van der Waals surface area contributed by atoms with Gasteiger partial charge in [-0.3, -0.25) is 9.59 Å². The number of carbonyl (C=O) groups is 2. The lowest BCUT2D eigenvalue weighted by molar-refractivity contribution is -0.118. The summed E-state index contributed by atoms with van der Waals surface area (Å²) in [6.07, 6.45) is 11.9. The van der Waals surface area contributed by atoms with E-state index in [1.165, 1.54) is 24.3 Å². The lowest BCUT2D eigenvalue weighted by Gasteiger charge is -2.17. The minimum Gasteiger partial charge on any atom is -0.492 e. The van der Waals surface area contributed by atoms with Gasteiger partial charge in [0.25, 0.3) is 0 Å². The molecule has 0 radical (unpaired) electrons. The maximum Gasteiger partial charge on any atom is 0.224 e. The molecule has 0 N–H and O–H groups in total. The molecule has 0 saturated heterocycles. The third kappa shape index (κ3) is 6.85. The third-order valence-electron chi connectivity index (χ3n) is 4.37. The fraction of sp³-hybridized carbons (Fsp3) is 0.545. The van der Waals surface area contributed by atoms with Crippen LogP contribution in [0.5, 0.6) is 0 Å². The first-order valence-electron chi connectivity index (χ1n) is 9.26. The second-order valence-corrected chi connectivity index (χ2v) is 6.91. The number of unbranched alkanes of at least 4 members (excludes halogenated alkanes) is 2. The molecule has 0 aromatic rings. The van der Waals surface area contributed by atoms with Gasteiger partial charge in [-0.2, -0.15) is 0 Å². The van der Waals surface area contributed by atoms with Crippen molar-refractivity contribution in [1.29, 1.82) is 0 Å². The average Bonchev–Trinajstić information content (AvgIpc) is 2.56. The molecule has 0 aromatic carbocycles. The van der Waals surface area contributed by atoms with Crippen LogP contribution in [0.15, 0.2) is 46.3 Å². The maximum absolute atomic E-state index is 12.6. The van der Waals surface area contributed by atoms with Crippen molar-refractivity contribution in [2.75, 3.05) is 7.11 Å². The number of ketones is 2. The summed E-state index contributed by atoms with van der Waals surface area (Å²) in [5.74, 6) is 0.0208. The number of Topliss-reactive ketones (excluding diaryl/α,β-unsaturated/α-hetero) is 1. The largest absolute Gasteiger partial charge is 0.492 e. The van der Waals surface area contributed by atoms with Gasteiger partial charge >= 0.3 is 0 Å². The summed E-state index contributed by atoms with van der Waals surface area (Å²) >= 11 is 0. The van der Waals surface area contributed by atoms with Crippen LogP contribution >= 0.6 is 0 Å². The van der Waals surface area contributed by atoms with E-state index in [0.717, 1.165) is 32.1 Å². The highest BCUT2D eigenvalue weighted by Gasteiger charge is 2.28. The summed E-state index contributed by atoms with van der Waals surface area (Å²) in [5.41, 5.74) is 3.60. The van der Waals surface area contributed by atoms with Gasteiger partial charge in [0.1, 0.15) is 0 Å². The molecule has 0 saturated carbocycles. The topological polar surface area (TPSA) is 43.4 Å². The molecule has 3 heteroatoms. The Labute approximate surface area is 152 Å². The van der Waals surface area contributed by atoms with Crippen molar-refractivity contribution in [3.8, 4) is 0 Å². The SMILES string of the molecule is CCCCCC1=CC(=O)C(C/C=C(\C)CCC=C(C)C)=C(OC)C1=O. The Morgan fingerprint density at radius 3 is 2.44 bits per heavy atom. The van der Waals surface area contributed by atoms with Gasteiger partial charge < -0.3 is 4.74 Å². The third-order valence-corrected chi connectivity index (χ3v) is 4.37. The molecule has 138 valence electrons. The summed E-state index contributed by atoms with van der Waals surface area (Å²) in [6.45, 7) is 8.36. The first-order chi connectivity index (χ1) is 11.9. The molecular weight excluding hydrogens is 312 g/mol. The number of allylic oxidation sites excluding steroid dienone is 7. The smallest absolute Gasteiger partial charge is 0.224 e. The second-order valence-electron chi connectivity index (χ2n) is 6.91. The van der Waals surface area contributed by atoms with E-state index >= 15 is 0 Å². The van der Waals surface area contributed by atoms with E-state index in [0.29, 0.717) is 24.0 Å². The molecule has 1 rings (SSSR count). The predicted molar refractivity (Wildman–Crippen MR) is 103 cm³/mol. The van der Waals surface area contributed by atoms with E-state index in [2.05, 4.69) is 33.8 Å². The van der Waals surface area contributed by atoms with Crippen molar-refractivity contribution >= 4 is 11.6 Å². The average molecular weight is 344 g/mol. The minimum absolute atomic E-state index is 0.0868. The Balaban J connectivity index is 2.81. The molecule has 3 nitrogen and oxygen atoms in total. The summed E-state index contributed by atoms with van der Waals surface area (Å²) in [6, 6.07) is 0. The molecule has 0 bridgehead atoms. The van der Waals surface area contributed by atoms with E-state index in [9.17, 15) is 9.59 Å². The normalized spacial score (nSPS) is 15.4. The van der Waals surface area contributed by atoms with Gasteiger partial charge in [-0.25, -0.2) is 0 Å². The van der Waals surface area contributed by atoms with Crippen molar-refractivity contribution in [2.24, 2.45) is 0 Å². The lowest BCUT2D eigenvalue weighted by Crippen LogP contribution is -2.20. The first-order valence-corrected chi connectivity index (χ1v) is 9.26. The van der Waals surface area contributed by atoms with Crippen LogP contribution < -0.4 is 0 Å². The predicted octanol–water partition coefficient (Wildman–Crippen LogP) is 5.63. The maximum atomic E-state index is 12.6. The van der Waals surface area contributed by atoms with Gasteiger partial charge in [-0.1, -0.05) is 43.1 Å².